The van der Waals surface area contributed by atoms with E-state index in [2.05, 4.69) is 6.58 Å². The number of allylic oxidation sites excluding steroid dienone is 3. The van der Waals surface area contributed by atoms with Crippen LogP contribution in [0.25, 0.3) is 11.1 Å². The van der Waals surface area contributed by atoms with E-state index in [0.717, 1.165) is 22.5 Å². The second-order valence-electron chi connectivity index (χ2n) is 4.31. The van der Waals surface area contributed by atoms with Crippen LogP contribution in [-0.4, -0.2) is 5.78 Å². The van der Waals surface area contributed by atoms with E-state index >= 15 is 0 Å². The lowest BCUT2D eigenvalue weighted by molar-refractivity contribution is -0.110. The van der Waals surface area contributed by atoms with E-state index in [1.54, 1.807) is 6.26 Å². The van der Waals surface area contributed by atoms with E-state index in [-0.39, 0.29) is 5.78 Å². The SMILES string of the molecule is C=C1CC(c2ccco2)=C(c2ccccc2)C1=O. The van der Waals surface area contributed by atoms with Crippen molar-refractivity contribution < 1.29 is 9.21 Å². The first-order valence-electron chi connectivity index (χ1n) is 5.82. The fourth-order valence-corrected chi connectivity index (χ4v) is 2.27. The van der Waals surface area contributed by atoms with Gasteiger partial charge in [-0.3, -0.25) is 4.79 Å². The predicted molar refractivity (Wildman–Crippen MR) is 70.7 cm³/mol. The van der Waals surface area contributed by atoms with Crippen LogP contribution < -0.4 is 0 Å². The van der Waals surface area contributed by atoms with E-state index in [9.17, 15) is 4.79 Å². The summed E-state index contributed by atoms with van der Waals surface area (Å²) in [6.07, 6.45) is 2.19. The van der Waals surface area contributed by atoms with Crippen LogP contribution >= 0.6 is 0 Å². The van der Waals surface area contributed by atoms with Crippen molar-refractivity contribution in [2.75, 3.05) is 0 Å². The molecule has 0 amide bonds. The maximum atomic E-state index is 12.2. The number of hydrogen-bond donors (Lipinski definition) is 0. The highest BCUT2D eigenvalue weighted by Crippen LogP contribution is 2.39. The summed E-state index contributed by atoms with van der Waals surface area (Å²) in [6.45, 7) is 3.84. The molecule has 0 spiro atoms. The van der Waals surface area contributed by atoms with Gasteiger partial charge in [-0.15, -0.1) is 0 Å². The Labute approximate surface area is 105 Å². The van der Waals surface area contributed by atoms with Gasteiger partial charge < -0.3 is 4.42 Å². The summed E-state index contributed by atoms with van der Waals surface area (Å²) in [6, 6.07) is 13.4. The minimum atomic E-state index is 0.0209. The summed E-state index contributed by atoms with van der Waals surface area (Å²) in [5.74, 6) is 0.772. The molecule has 0 aliphatic heterocycles. The van der Waals surface area contributed by atoms with Crippen molar-refractivity contribution in [2.24, 2.45) is 0 Å². The largest absolute Gasteiger partial charge is 0.465 e. The van der Waals surface area contributed by atoms with Crippen LogP contribution in [0, 0.1) is 0 Å². The number of Topliss-reactive ketones (excluding diaryl/α,β-unsaturated/α-hetero) is 1. The molecule has 0 saturated heterocycles. The zero-order chi connectivity index (χ0) is 12.5. The molecule has 0 fully saturated rings. The second kappa shape index (κ2) is 4.15. The maximum Gasteiger partial charge on any atom is 0.189 e. The molecule has 0 unspecified atom stereocenters. The van der Waals surface area contributed by atoms with Crippen molar-refractivity contribution in [2.45, 2.75) is 6.42 Å². The lowest BCUT2D eigenvalue weighted by atomic mass is 10.00. The highest BCUT2D eigenvalue weighted by atomic mass is 16.3. The molecular weight excluding hydrogens is 224 g/mol. The van der Waals surface area contributed by atoms with Gasteiger partial charge >= 0.3 is 0 Å². The van der Waals surface area contributed by atoms with E-state index in [0.29, 0.717) is 12.0 Å². The number of benzene rings is 1. The van der Waals surface area contributed by atoms with Gasteiger partial charge in [0.05, 0.1) is 6.26 Å². The van der Waals surface area contributed by atoms with Crippen molar-refractivity contribution in [1.29, 1.82) is 0 Å². The number of hydrogen-bond acceptors (Lipinski definition) is 2. The van der Waals surface area contributed by atoms with Crippen LogP contribution in [0.2, 0.25) is 0 Å². The fourth-order valence-electron chi connectivity index (χ4n) is 2.27. The van der Waals surface area contributed by atoms with Crippen LogP contribution in [0.5, 0.6) is 0 Å². The Morgan fingerprint density at radius 2 is 1.83 bits per heavy atom. The Balaban J connectivity index is 2.20. The second-order valence-corrected chi connectivity index (χ2v) is 4.31. The van der Waals surface area contributed by atoms with Gasteiger partial charge in [-0.1, -0.05) is 36.9 Å². The topological polar surface area (TPSA) is 30.2 Å². The molecule has 1 heterocycles. The van der Waals surface area contributed by atoms with Crippen LogP contribution in [-0.2, 0) is 4.79 Å². The zero-order valence-electron chi connectivity index (χ0n) is 9.85. The summed E-state index contributed by atoms with van der Waals surface area (Å²) in [5, 5.41) is 0. The molecule has 3 rings (SSSR count). The Kier molecular flexibility index (Phi) is 2.49. The number of furan rings is 1. The third-order valence-corrected chi connectivity index (χ3v) is 3.12. The normalized spacial score (nSPS) is 15.6. The molecular formula is C16H12O2. The lowest BCUT2D eigenvalue weighted by Gasteiger charge is -2.03. The van der Waals surface area contributed by atoms with Crippen LogP contribution in [0.15, 0.2) is 65.3 Å². The summed E-state index contributed by atoms with van der Waals surface area (Å²) in [4.78, 5) is 12.2. The third kappa shape index (κ3) is 1.63. The van der Waals surface area contributed by atoms with Gasteiger partial charge in [0.2, 0.25) is 0 Å². The monoisotopic (exact) mass is 236 g/mol. The molecule has 1 aliphatic rings. The van der Waals surface area contributed by atoms with Gasteiger partial charge in [0.1, 0.15) is 5.76 Å². The molecule has 1 aromatic carbocycles. The molecule has 0 atom stereocenters. The minimum Gasteiger partial charge on any atom is -0.465 e. The van der Waals surface area contributed by atoms with E-state index < -0.39 is 0 Å². The highest BCUT2D eigenvalue weighted by molar-refractivity contribution is 6.38. The first-order chi connectivity index (χ1) is 8.77. The summed E-state index contributed by atoms with van der Waals surface area (Å²) >= 11 is 0. The number of rotatable bonds is 2. The molecule has 1 aliphatic carbocycles. The quantitative estimate of drug-likeness (QED) is 0.744. The van der Waals surface area contributed by atoms with E-state index in [1.165, 1.54) is 0 Å². The van der Waals surface area contributed by atoms with Crippen molar-refractivity contribution in [3.05, 3.63) is 72.2 Å². The molecule has 18 heavy (non-hydrogen) atoms. The van der Waals surface area contributed by atoms with Crippen LogP contribution in [0.3, 0.4) is 0 Å². The molecule has 0 N–H and O–H groups in total. The minimum absolute atomic E-state index is 0.0209. The van der Waals surface area contributed by atoms with Crippen molar-refractivity contribution >= 4 is 16.9 Å². The first kappa shape index (κ1) is 10.8. The molecule has 0 saturated carbocycles. The van der Waals surface area contributed by atoms with E-state index in [1.807, 2.05) is 42.5 Å². The first-order valence-corrected chi connectivity index (χ1v) is 5.82. The fraction of sp³-hybridized carbons (Fsp3) is 0.0625. The molecule has 2 heteroatoms. The summed E-state index contributed by atoms with van der Waals surface area (Å²) in [7, 11) is 0. The average molecular weight is 236 g/mol. The smallest absolute Gasteiger partial charge is 0.189 e. The summed E-state index contributed by atoms with van der Waals surface area (Å²) in [5.41, 5.74) is 3.20. The Morgan fingerprint density at radius 1 is 1.06 bits per heavy atom. The molecule has 0 radical (unpaired) electrons. The maximum absolute atomic E-state index is 12.2. The van der Waals surface area contributed by atoms with Gasteiger partial charge in [-0.05, 0) is 23.3 Å². The van der Waals surface area contributed by atoms with Crippen molar-refractivity contribution in [3.63, 3.8) is 0 Å². The predicted octanol–water partition coefficient (Wildman–Crippen LogP) is 3.72. The standard InChI is InChI=1S/C16H12O2/c1-11-10-13(14-8-5-9-18-14)15(16(11)17)12-6-3-2-4-7-12/h2-9H,1,10H2. The third-order valence-electron chi connectivity index (χ3n) is 3.12. The van der Waals surface area contributed by atoms with Crippen molar-refractivity contribution in [1.82, 2.24) is 0 Å². The van der Waals surface area contributed by atoms with Gasteiger partial charge in [-0.25, -0.2) is 0 Å². The zero-order valence-corrected chi connectivity index (χ0v) is 9.85. The summed E-state index contributed by atoms with van der Waals surface area (Å²) < 4.78 is 5.41. The Hall–Kier alpha value is -2.35. The van der Waals surface area contributed by atoms with Gasteiger partial charge in [0.25, 0.3) is 0 Å². The molecule has 2 aromatic rings. The number of carbonyl (C=O) groups excluding carboxylic acids is 1. The number of carbonyl (C=O) groups is 1. The van der Waals surface area contributed by atoms with E-state index in [4.69, 9.17) is 4.42 Å². The highest BCUT2D eigenvalue weighted by Gasteiger charge is 2.29. The number of ketones is 1. The van der Waals surface area contributed by atoms with Crippen LogP contribution in [0.1, 0.15) is 17.7 Å². The van der Waals surface area contributed by atoms with Gasteiger partial charge in [0.15, 0.2) is 5.78 Å². The average Bonchev–Trinajstić information content (AvgIpc) is 3.00. The Bertz CT molecular complexity index is 631. The van der Waals surface area contributed by atoms with Gasteiger partial charge in [-0.2, -0.15) is 0 Å². The molecule has 88 valence electrons. The Morgan fingerprint density at radius 3 is 2.50 bits per heavy atom. The van der Waals surface area contributed by atoms with Crippen LogP contribution in [0.4, 0.5) is 0 Å². The molecule has 0 bridgehead atoms. The molecule has 1 aromatic heterocycles. The lowest BCUT2D eigenvalue weighted by Crippen LogP contribution is -1.97. The van der Waals surface area contributed by atoms with Crippen molar-refractivity contribution in [3.8, 4) is 0 Å². The molecule has 2 nitrogen and oxygen atoms in total. The van der Waals surface area contributed by atoms with Gasteiger partial charge in [0, 0.05) is 17.6 Å².